The minimum atomic E-state index is -0.934. The van der Waals surface area contributed by atoms with Crippen LogP contribution in [0.4, 0.5) is 0 Å². The van der Waals surface area contributed by atoms with Crippen molar-refractivity contribution in [3.05, 3.63) is 57.8 Å². The van der Waals surface area contributed by atoms with Gasteiger partial charge in [-0.05, 0) is 24.1 Å². The molecule has 21 heavy (non-hydrogen) atoms. The molecule has 0 unspecified atom stereocenters. The van der Waals surface area contributed by atoms with Crippen LogP contribution in [0.15, 0.2) is 35.3 Å². The molecule has 0 aliphatic carbocycles. The number of benzene rings is 1. The number of aromatic nitrogens is 2. The van der Waals surface area contributed by atoms with E-state index < -0.39 is 5.97 Å². The second kappa shape index (κ2) is 6.69. The van der Waals surface area contributed by atoms with Gasteiger partial charge in [0.2, 0.25) is 0 Å². The summed E-state index contributed by atoms with van der Waals surface area (Å²) < 4.78 is 5.08. The molecular formula is C15H16N2O4. The fourth-order valence-corrected chi connectivity index (χ4v) is 1.90. The molecule has 0 spiro atoms. The van der Waals surface area contributed by atoms with Crippen LogP contribution in [0.3, 0.4) is 0 Å². The number of hydrogen-bond donors (Lipinski definition) is 2. The normalized spacial score (nSPS) is 10.3. The molecule has 0 saturated carbocycles. The van der Waals surface area contributed by atoms with E-state index in [1.165, 1.54) is 6.20 Å². The Bertz CT molecular complexity index is 677. The van der Waals surface area contributed by atoms with Gasteiger partial charge < -0.3 is 14.8 Å². The lowest BCUT2D eigenvalue weighted by Gasteiger charge is -2.04. The van der Waals surface area contributed by atoms with Crippen LogP contribution in [-0.4, -0.2) is 28.2 Å². The number of carbonyl (C=O) groups is 1. The van der Waals surface area contributed by atoms with Gasteiger partial charge >= 0.3 is 5.97 Å². The highest BCUT2D eigenvalue weighted by atomic mass is 16.5. The number of nitrogens with one attached hydrogen (secondary N) is 1. The number of carboxylic acid groups (broad SMARTS) is 1. The van der Waals surface area contributed by atoms with Crippen molar-refractivity contribution in [1.29, 1.82) is 0 Å². The third-order valence-corrected chi connectivity index (χ3v) is 3.06. The van der Waals surface area contributed by atoms with Gasteiger partial charge in [0.25, 0.3) is 5.56 Å². The van der Waals surface area contributed by atoms with Crippen LogP contribution in [-0.2, 0) is 17.6 Å². The molecule has 0 atom stereocenters. The molecule has 6 nitrogen and oxygen atoms in total. The SMILES string of the molecule is COc1ccc(Cc2ncc(CCC(=O)O)c(=O)[nH]2)cc1. The first-order chi connectivity index (χ1) is 10.1. The molecule has 1 aromatic carbocycles. The minimum absolute atomic E-state index is 0.0808. The largest absolute Gasteiger partial charge is 0.497 e. The van der Waals surface area contributed by atoms with Crippen molar-refractivity contribution in [2.24, 2.45) is 0 Å². The van der Waals surface area contributed by atoms with Crippen molar-refractivity contribution in [2.75, 3.05) is 7.11 Å². The lowest BCUT2D eigenvalue weighted by Crippen LogP contribution is -2.17. The van der Waals surface area contributed by atoms with Crippen molar-refractivity contribution in [1.82, 2.24) is 9.97 Å². The Morgan fingerprint density at radius 2 is 2.05 bits per heavy atom. The predicted octanol–water partition coefficient (Wildman–Crippen LogP) is 1.39. The maximum atomic E-state index is 11.8. The highest BCUT2D eigenvalue weighted by molar-refractivity contribution is 5.67. The van der Waals surface area contributed by atoms with Gasteiger partial charge in [0.1, 0.15) is 11.6 Å². The number of aromatic amines is 1. The van der Waals surface area contributed by atoms with E-state index in [-0.39, 0.29) is 18.4 Å². The Hall–Kier alpha value is -2.63. The molecule has 2 N–H and O–H groups in total. The highest BCUT2D eigenvalue weighted by Crippen LogP contribution is 2.13. The molecule has 110 valence electrons. The predicted molar refractivity (Wildman–Crippen MR) is 76.6 cm³/mol. The number of methoxy groups -OCH3 is 1. The van der Waals surface area contributed by atoms with E-state index in [1.807, 2.05) is 24.3 Å². The van der Waals surface area contributed by atoms with Crippen LogP contribution in [0, 0.1) is 0 Å². The van der Waals surface area contributed by atoms with E-state index in [9.17, 15) is 9.59 Å². The fourth-order valence-electron chi connectivity index (χ4n) is 1.90. The van der Waals surface area contributed by atoms with E-state index in [0.717, 1.165) is 11.3 Å². The third kappa shape index (κ3) is 4.17. The Labute approximate surface area is 121 Å². The monoisotopic (exact) mass is 288 g/mol. The van der Waals surface area contributed by atoms with Crippen LogP contribution >= 0.6 is 0 Å². The summed E-state index contributed by atoms with van der Waals surface area (Å²) in [6, 6.07) is 7.48. The van der Waals surface area contributed by atoms with Crippen molar-refractivity contribution in [3.63, 3.8) is 0 Å². The second-order valence-electron chi connectivity index (χ2n) is 4.60. The molecule has 0 radical (unpaired) electrons. The Morgan fingerprint density at radius 3 is 2.62 bits per heavy atom. The number of carboxylic acids is 1. The molecule has 0 fully saturated rings. The van der Waals surface area contributed by atoms with Gasteiger partial charge in [0.15, 0.2) is 0 Å². The number of hydrogen-bond acceptors (Lipinski definition) is 4. The first-order valence-electron chi connectivity index (χ1n) is 6.50. The summed E-state index contributed by atoms with van der Waals surface area (Å²) >= 11 is 0. The Kier molecular flexibility index (Phi) is 4.71. The molecule has 6 heteroatoms. The average Bonchev–Trinajstić information content (AvgIpc) is 2.47. The van der Waals surface area contributed by atoms with Crippen LogP contribution in [0.25, 0.3) is 0 Å². The second-order valence-corrected chi connectivity index (χ2v) is 4.60. The summed E-state index contributed by atoms with van der Waals surface area (Å²) in [5, 5.41) is 8.61. The zero-order valence-corrected chi connectivity index (χ0v) is 11.6. The minimum Gasteiger partial charge on any atom is -0.497 e. The smallest absolute Gasteiger partial charge is 0.303 e. The fraction of sp³-hybridized carbons (Fsp3) is 0.267. The van der Waals surface area contributed by atoms with Gasteiger partial charge in [0.05, 0.1) is 7.11 Å². The van der Waals surface area contributed by atoms with Crippen LogP contribution in [0.5, 0.6) is 5.75 Å². The number of ether oxygens (including phenoxy) is 1. The lowest BCUT2D eigenvalue weighted by molar-refractivity contribution is -0.136. The molecule has 1 heterocycles. The van der Waals surface area contributed by atoms with Crippen molar-refractivity contribution < 1.29 is 14.6 Å². The zero-order valence-electron chi connectivity index (χ0n) is 11.6. The number of nitrogens with zero attached hydrogens (tertiary/aromatic N) is 1. The maximum absolute atomic E-state index is 11.8. The van der Waals surface area contributed by atoms with Crippen molar-refractivity contribution in [2.45, 2.75) is 19.3 Å². The van der Waals surface area contributed by atoms with E-state index in [1.54, 1.807) is 7.11 Å². The lowest BCUT2D eigenvalue weighted by atomic mass is 10.1. The average molecular weight is 288 g/mol. The molecule has 1 aromatic heterocycles. The summed E-state index contributed by atoms with van der Waals surface area (Å²) in [6.07, 6.45) is 2.04. The van der Waals surface area contributed by atoms with Gasteiger partial charge in [-0.25, -0.2) is 4.98 Å². The summed E-state index contributed by atoms with van der Waals surface area (Å²) in [5.74, 6) is 0.380. The highest BCUT2D eigenvalue weighted by Gasteiger charge is 2.06. The summed E-state index contributed by atoms with van der Waals surface area (Å²) in [4.78, 5) is 29.2. The Balaban J connectivity index is 2.08. The molecule has 0 bridgehead atoms. The van der Waals surface area contributed by atoms with Crippen LogP contribution in [0.1, 0.15) is 23.4 Å². The first-order valence-corrected chi connectivity index (χ1v) is 6.50. The van der Waals surface area contributed by atoms with Gasteiger partial charge in [-0.2, -0.15) is 0 Å². The molecule has 0 amide bonds. The quantitative estimate of drug-likeness (QED) is 0.838. The zero-order chi connectivity index (χ0) is 15.2. The summed E-state index contributed by atoms with van der Waals surface area (Å²) in [6.45, 7) is 0. The standard InChI is InChI=1S/C15H16N2O4/c1-21-12-5-2-10(3-6-12)8-13-16-9-11(15(20)17-13)4-7-14(18)19/h2-3,5-6,9H,4,7-8H2,1H3,(H,18,19)(H,16,17,20). The summed E-state index contributed by atoms with van der Waals surface area (Å²) in [7, 11) is 1.60. The van der Waals surface area contributed by atoms with Gasteiger partial charge in [-0.1, -0.05) is 12.1 Å². The van der Waals surface area contributed by atoms with Gasteiger partial charge in [-0.3, -0.25) is 9.59 Å². The summed E-state index contributed by atoms with van der Waals surface area (Å²) in [5.41, 5.74) is 1.10. The van der Waals surface area contributed by atoms with E-state index in [2.05, 4.69) is 9.97 Å². The molecule has 2 rings (SSSR count). The van der Waals surface area contributed by atoms with E-state index >= 15 is 0 Å². The third-order valence-electron chi connectivity index (χ3n) is 3.06. The van der Waals surface area contributed by atoms with E-state index in [4.69, 9.17) is 9.84 Å². The number of rotatable bonds is 6. The topological polar surface area (TPSA) is 92.3 Å². The molecular weight excluding hydrogens is 272 g/mol. The molecule has 2 aromatic rings. The van der Waals surface area contributed by atoms with Crippen molar-refractivity contribution >= 4 is 5.97 Å². The first kappa shape index (κ1) is 14.8. The molecule has 0 saturated heterocycles. The number of aryl methyl sites for hydroxylation is 1. The van der Waals surface area contributed by atoms with Crippen molar-refractivity contribution in [3.8, 4) is 5.75 Å². The van der Waals surface area contributed by atoms with E-state index in [0.29, 0.717) is 17.8 Å². The number of H-pyrrole nitrogens is 1. The Morgan fingerprint density at radius 1 is 1.33 bits per heavy atom. The van der Waals surface area contributed by atoms with Crippen LogP contribution in [0.2, 0.25) is 0 Å². The molecule has 0 aliphatic rings. The molecule has 0 aliphatic heterocycles. The van der Waals surface area contributed by atoms with Crippen LogP contribution < -0.4 is 10.3 Å². The maximum Gasteiger partial charge on any atom is 0.303 e. The van der Waals surface area contributed by atoms with Gasteiger partial charge in [-0.15, -0.1) is 0 Å². The van der Waals surface area contributed by atoms with Gasteiger partial charge in [0, 0.05) is 24.6 Å². The number of aliphatic carboxylic acids is 1.